The second kappa shape index (κ2) is 10.3. The van der Waals surface area contributed by atoms with Crippen molar-refractivity contribution in [2.45, 2.75) is 13.0 Å². The summed E-state index contributed by atoms with van der Waals surface area (Å²) in [6, 6.07) is 23.5. The zero-order valence-corrected chi connectivity index (χ0v) is 21.7. The lowest BCUT2D eigenvalue weighted by Crippen LogP contribution is -2.32. The van der Waals surface area contributed by atoms with E-state index in [4.69, 9.17) is 4.74 Å². The molecule has 0 radical (unpaired) electrons. The number of hydrogen-bond donors (Lipinski definition) is 3. The average molecular weight is 558 g/mol. The number of nitrogens with zero attached hydrogens (tertiary/aromatic N) is 2. The van der Waals surface area contributed by atoms with E-state index in [1.54, 1.807) is 36.1 Å². The lowest BCUT2D eigenvalue weighted by Gasteiger charge is -2.30. The zero-order valence-electron chi connectivity index (χ0n) is 20.2. The number of carbonyl (C=O) groups is 2. The van der Waals surface area contributed by atoms with E-state index in [0.29, 0.717) is 39.8 Å². The van der Waals surface area contributed by atoms with Crippen LogP contribution >= 0.6 is 15.9 Å². The van der Waals surface area contributed by atoms with Gasteiger partial charge in [-0.05, 0) is 61.0 Å². The van der Waals surface area contributed by atoms with Crippen LogP contribution in [0.2, 0.25) is 0 Å². The molecule has 0 fully saturated rings. The Morgan fingerprint density at radius 1 is 0.919 bits per heavy atom. The van der Waals surface area contributed by atoms with Gasteiger partial charge in [-0.3, -0.25) is 9.59 Å². The smallest absolute Gasteiger partial charge is 0.261 e. The van der Waals surface area contributed by atoms with Crippen LogP contribution in [0.25, 0.3) is 0 Å². The maximum absolute atomic E-state index is 13.6. The fraction of sp³-hybridized carbons (Fsp3) is 0.107. The number of carbonyl (C=O) groups excluding carboxylic acids is 2. The highest BCUT2D eigenvalue weighted by atomic mass is 79.9. The number of nitrogens with one attached hydrogen (secondary N) is 3. The van der Waals surface area contributed by atoms with Crippen molar-refractivity contribution in [1.29, 1.82) is 0 Å². The monoisotopic (exact) mass is 557 g/mol. The number of rotatable bonds is 6. The van der Waals surface area contributed by atoms with Crippen molar-refractivity contribution in [2.75, 3.05) is 23.1 Å². The van der Waals surface area contributed by atoms with Crippen LogP contribution in [0.3, 0.4) is 0 Å². The topological polar surface area (TPSA) is 97.3 Å². The SMILES string of the molecule is COc1ccc(NC(=O)C2=C(C)Nc3c(C(=O)Nc4ccccc4)cnn3C2c2ccc(Br)cc2)cc1. The molecule has 8 nitrogen and oxygen atoms in total. The molecule has 0 spiro atoms. The van der Waals surface area contributed by atoms with Crippen molar-refractivity contribution in [3.63, 3.8) is 0 Å². The van der Waals surface area contributed by atoms with E-state index in [2.05, 4.69) is 37.0 Å². The third kappa shape index (κ3) is 4.99. The van der Waals surface area contributed by atoms with Crippen LogP contribution in [-0.2, 0) is 4.79 Å². The molecule has 2 amide bonds. The summed E-state index contributed by atoms with van der Waals surface area (Å²) in [6.07, 6.45) is 1.52. The van der Waals surface area contributed by atoms with Crippen molar-refractivity contribution >= 4 is 44.9 Å². The van der Waals surface area contributed by atoms with Crippen LogP contribution in [0.4, 0.5) is 17.2 Å². The van der Waals surface area contributed by atoms with Crippen LogP contribution in [0.1, 0.15) is 28.9 Å². The highest BCUT2D eigenvalue weighted by molar-refractivity contribution is 9.10. The number of benzene rings is 3. The predicted molar refractivity (Wildman–Crippen MR) is 147 cm³/mol. The number of para-hydroxylation sites is 1. The van der Waals surface area contributed by atoms with Crippen LogP contribution in [0.5, 0.6) is 5.75 Å². The van der Waals surface area contributed by atoms with E-state index < -0.39 is 6.04 Å². The molecule has 4 aromatic rings. The molecule has 1 unspecified atom stereocenters. The van der Waals surface area contributed by atoms with Gasteiger partial charge in [0, 0.05) is 21.5 Å². The molecule has 5 rings (SSSR count). The summed E-state index contributed by atoms with van der Waals surface area (Å²) in [6.45, 7) is 1.82. The van der Waals surface area contributed by atoms with E-state index in [9.17, 15) is 9.59 Å². The minimum absolute atomic E-state index is 0.278. The van der Waals surface area contributed by atoms with Gasteiger partial charge in [-0.1, -0.05) is 46.3 Å². The van der Waals surface area contributed by atoms with Gasteiger partial charge in [0.1, 0.15) is 23.2 Å². The maximum Gasteiger partial charge on any atom is 0.261 e. The first kappa shape index (κ1) is 24.3. The summed E-state index contributed by atoms with van der Waals surface area (Å²) < 4.78 is 7.81. The second-order valence-electron chi connectivity index (χ2n) is 8.47. The third-order valence-electron chi connectivity index (χ3n) is 6.08. The van der Waals surface area contributed by atoms with Crippen LogP contribution < -0.4 is 20.7 Å². The molecule has 1 aliphatic rings. The van der Waals surface area contributed by atoms with Gasteiger partial charge in [0.2, 0.25) is 0 Å². The molecule has 37 heavy (non-hydrogen) atoms. The number of aromatic nitrogens is 2. The van der Waals surface area contributed by atoms with Gasteiger partial charge in [0.05, 0.1) is 18.9 Å². The van der Waals surface area contributed by atoms with E-state index >= 15 is 0 Å². The molecular formula is C28H24BrN5O3. The van der Waals surface area contributed by atoms with Crippen molar-refractivity contribution in [2.24, 2.45) is 0 Å². The highest BCUT2D eigenvalue weighted by Crippen LogP contribution is 2.38. The molecule has 1 atom stereocenters. The van der Waals surface area contributed by atoms with Crippen LogP contribution in [-0.4, -0.2) is 28.7 Å². The number of hydrogen-bond acceptors (Lipinski definition) is 5. The van der Waals surface area contributed by atoms with Gasteiger partial charge in [-0.2, -0.15) is 5.10 Å². The fourth-order valence-corrected chi connectivity index (χ4v) is 4.53. The Kier molecular flexibility index (Phi) is 6.78. The van der Waals surface area contributed by atoms with Crippen LogP contribution in [0, 0.1) is 0 Å². The molecule has 0 saturated carbocycles. The number of methoxy groups -OCH3 is 1. The first-order chi connectivity index (χ1) is 17.9. The average Bonchev–Trinajstić information content (AvgIpc) is 3.33. The first-order valence-electron chi connectivity index (χ1n) is 11.6. The molecule has 3 N–H and O–H groups in total. The fourth-order valence-electron chi connectivity index (χ4n) is 4.26. The van der Waals surface area contributed by atoms with Crippen molar-refractivity contribution in [3.05, 3.63) is 112 Å². The third-order valence-corrected chi connectivity index (χ3v) is 6.61. The number of allylic oxidation sites excluding steroid dienone is 1. The Hall–Kier alpha value is -4.37. The molecule has 0 bridgehead atoms. The number of amides is 2. The summed E-state index contributed by atoms with van der Waals surface area (Å²) in [5.41, 5.74) is 3.65. The van der Waals surface area contributed by atoms with Gasteiger partial charge in [-0.25, -0.2) is 4.68 Å². The van der Waals surface area contributed by atoms with Crippen LogP contribution in [0.15, 0.2) is 101 Å². The molecule has 1 aliphatic heterocycles. The minimum Gasteiger partial charge on any atom is -0.497 e. The number of halogens is 1. The molecule has 9 heteroatoms. The largest absolute Gasteiger partial charge is 0.497 e. The van der Waals surface area contributed by atoms with E-state index in [-0.39, 0.29) is 11.8 Å². The van der Waals surface area contributed by atoms with E-state index in [1.807, 2.05) is 61.5 Å². The highest BCUT2D eigenvalue weighted by Gasteiger charge is 2.35. The number of ether oxygens (including phenoxy) is 1. The van der Waals surface area contributed by atoms with Crippen molar-refractivity contribution in [3.8, 4) is 5.75 Å². The molecule has 186 valence electrons. The normalized spacial score (nSPS) is 14.4. The Balaban J connectivity index is 1.52. The molecule has 2 heterocycles. The number of fused-ring (bicyclic) bond motifs is 1. The van der Waals surface area contributed by atoms with E-state index in [1.165, 1.54) is 6.20 Å². The summed E-state index contributed by atoms with van der Waals surface area (Å²) in [7, 11) is 1.59. The van der Waals surface area contributed by atoms with Gasteiger partial charge in [0.15, 0.2) is 0 Å². The zero-order chi connectivity index (χ0) is 25.9. The molecule has 1 aromatic heterocycles. The minimum atomic E-state index is -0.555. The molecule has 3 aromatic carbocycles. The second-order valence-corrected chi connectivity index (χ2v) is 9.39. The Bertz CT molecular complexity index is 1480. The molecule has 0 aliphatic carbocycles. The van der Waals surface area contributed by atoms with E-state index in [0.717, 1.165) is 10.0 Å². The predicted octanol–water partition coefficient (Wildman–Crippen LogP) is 5.83. The Morgan fingerprint density at radius 2 is 1.57 bits per heavy atom. The Morgan fingerprint density at radius 3 is 2.24 bits per heavy atom. The lowest BCUT2D eigenvalue weighted by molar-refractivity contribution is -0.113. The summed E-state index contributed by atoms with van der Waals surface area (Å²) >= 11 is 3.48. The van der Waals surface area contributed by atoms with Gasteiger partial charge in [0.25, 0.3) is 11.8 Å². The summed E-state index contributed by atoms with van der Waals surface area (Å²) in [5.74, 6) is 0.635. The summed E-state index contributed by atoms with van der Waals surface area (Å²) in [4.78, 5) is 26.7. The standard InChI is InChI=1S/C28H24BrN5O3/c1-17-24(28(36)33-21-12-14-22(37-2)15-13-21)25(18-8-10-19(29)11-9-18)34-26(31-17)23(16-30-34)27(35)32-20-6-4-3-5-7-20/h3-16,25,31H,1-2H3,(H,32,35)(H,33,36). The Labute approximate surface area is 222 Å². The van der Waals surface area contributed by atoms with Crippen molar-refractivity contribution in [1.82, 2.24) is 9.78 Å². The van der Waals surface area contributed by atoms with Gasteiger partial charge in [-0.15, -0.1) is 0 Å². The lowest BCUT2D eigenvalue weighted by atomic mass is 9.94. The number of anilines is 3. The summed E-state index contributed by atoms with van der Waals surface area (Å²) in [5, 5.41) is 13.7. The molecule has 0 saturated heterocycles. The quantitative estimate of drug-likeness (QED) is 0.277. The molecular weight excluding hydrogens is 534 g/mol. The van der Waals surface area contributed by atoms with Crippen molar-refractivity contribution < 1.29 is 14.3 Å². The van der Waals surface area contributed by atoms with Gasteiger partial charge < -0.3 is 20.7 Å². The maximum atomic E-state index is 13.6. The van der Waals surface area contributed by atoms with Gasteiger partial charge >= 0.3 is 0 Å². The first-order valence-corrected chi connectivity index (χ1v) is 12.4.